The van der Waals surface area contributed by atoms with Crippen molar-refractivity contribution in [1.29, 1.82) is 0 Å². The summed E-state index contributed by atoms with van der Waals surface area (Å²) in [5.74, 6) is -2.88. The summed E-state index contributed by atoms with van der Waals surface area (Å²) in [5.41, 5.74) is -0.191. The van der Waals surface area contributed by atoms with Crippen LogP contribution >= 0.6 is 0 Å². The monoisotopic (exact) mass is 596 g/mol. The van der Waals surface area contributed by atoms with E-state index in [1.54, 1.807) is 12.2 Å². The zero-order chi connectivity index (χ0) is 31.7. The van der Waals surface area contributed by atoms with Crippen molar-refractivity contribution in [3.8, 4) is 5.75 Å². The smallest absolute Gasteiger partial charge is 0.338 e. The molecule has 43 heavy (non-hydrogen) atoms. The molecule has 0 unspecified atom stereocenters. The van der Waals surface area contributed by atoms with Crippen molar-refractivity contribution in [3.63, 3.8) is 0 Å². The van der Waals surface area contributed by atoms with E-state index in [0.29, 0.717) is 24.8 Å². The van der Waals surface area contributed by atoms with Gasteiger partial charge in [0, 0.05) is 26.3 Å². The zero-order valence-corrected chi connectivity index (χ0v) is 25.5. The van der Waals surface area contributed by atoms with Gasteiger partial charge in [0.05, 0.1) is 5.56 Å². The number of hydrogen-bond acceptors (Lipinski definition) is 10. The van der Waals surface area contributed by atoms with E-state index >= 15 is 0 Å². The SMILES string of the molecule is C=C/C(C)=C/C[C@]1(C)[C@H](C)C[C@H](OC(=O)c2ccc(O)cc2)[C@]23C(=C[C@H](OC(C)=O)C[C@@H]12)[C@@H](OC(C)=O)O[C@H]3OC(C)=O. The van der Waals surface area contributed by atoms with Gasteiger partial charge in [0.15, 0.2) is 0 Å². The number of benzene rings is 1. The van der Waals surface area contributed by atoms with Crippen molar-refractivity contribution in [2.45, 2.75) is 85.6 Å². The van der Waals surface area contributed by atoms with E-state index in [9.17, 15) is 24.3 Å². The molecule has 8 atom stereocenters. The Kier molecular flexibility index (Phi) is 9.20. The molecule has 1 heterocycles. The van der Waals surface area contributed by atoms with E-state index in [4.69, 9.17) is 23.7 Å². The second-order valence-electron chi connectivity index (χ2n) is 11.9. The third-order valence-corrected chi connectivity index (χ3v) is 9.22. The molecule has 1 aliphatic heterocycles. The first-order valence-corrected chi connectivity index (χ1v) is 14.4. The highest BCUT2D eigenvalue weighted by atomic mass is 16.8. The van der Waals surface area contributed by atoms with Crippen molar-refractivity contribution < 1.29 is 48.0 Å². The van der Waals surface area contributed by atoms with Gasteiger partial charge in [-0.05, 0) is 73.8 Å². The first kappa shape index (κ1) is 32.0. The van der Waals surface area contributed by atoms with Gasteiger partial charge in [0.25, 0.3) is 0 Å². The van der Waals surface area contributed by atoms with Crippen LogP contribution in [0.2, 0.25) is 0 Å². The minimum absolute atomic E-state index is 0.00233. The Bertz CT molecular complexity index is 1340. The van der Waals surface area contributed by atoms with Crippen molar-refractivity contribution >= 4 is 23.9 Å². The Balaban J connectivity index is 1.95. The second-order valence-corrected chi connectivity index (χ2v) is 11.9. The Morgan fingerprint density at radius 1 is 0.977 bits per heavy atom. The van der Waals surface area contributed by atoms with Crippen LogP contribution in [0.5, 0.6) is 5.75 Å². The Labute approximate surface area is 251 Å². The molecule has 1 aromatic rings. The predicted molar refractivity (Wildman–Crippen MR) is 154 cm³/mol. The van der Waals surface area contributed by atoms with Crippen LogP contribution in [-0.4, -0.2) is 53.8 Å². The lowest BCUT2D eigenvalue weighted by molar-refractivity contribution is -0.253. The van der Waals surface area contributed by atoms with Crippen molar-refractivity contribution in [2.24, 2.45) is 22.7 Å². The normalized spacial score (nSPS) is 33.3. The third kappa shape index (κ3) is 6.11. The molecular weight excluding hydrogens is 556 g/mol. The maximum Gasteiger partial charge on any atom is 0.338 e. The number of carbonyl (C=O) groups excluding carboxylic acids is 4. The highest BCUT2D eigenvalue weighted by molar-refractivity contribution is 5.89. The summed E-state index contributed by atoms with van der Waals surface area (Å²) >= 11 is 0. The first-order chi connectivity index (χ1) is 20.2. The third-order valence-electron chi connectivity index (χ3n) is 9.22. The number of hydrogen-bond donors (Lipinski definition) is 1. The van der Waals surface area contributed by atoms with E-state index < -0.39 is 65.4 Å². The van der Waals surface area contributed by atoms with Gasteiger partial charge in [-0.3, -0.25) is 19.1 Å². The lowest BCUT2D eigenvalue weighted by atomic mass is 9.45. The Morgan fingerprint density at radius 2 is 1.60 bits per heavy atom. The summed E-state index contributed by atoms with van der Waals surface area (Å²) in [6.45, 7) is 13.8. The van der Waals surface area contributed by atoms with Gasteiger partial charge in [-0.2, -0.15) is 0 Å². The average Bonchev–Trinajstić information content (AvgIpc) is 3.21. The van der Waals surface area contributed by atoms with Gasteiger partial charge in [0.2, 0.25) is 12.6 Å². The van der Waals surface area contributed by atoms with Crippen LogP contribution in [0.1, 0.15) is 71.2 Å². The molecule has 2 aliphatic carbocycles. The first-order valence-electron chi connectivity index (χ1n) is 14.4. The summed E-state index contributed by atoms with van der Waals surface area (Å²) in [4.78, 5) is 50.4. The van der Waals surface area contributed by atoms with Crippen LogP contribution in [0.4, 0.5) is 0 Å². The van der Waals surface area contributed by atoms with Gasteiger partial charge in [-0.25, -0.2) is 4.79 Å². The van der Waals surface area contributed by atoms with Gasteiger partial charge in [-0.15, -0.1) is 0 Å². The van der Waals surface area contributed by atoms with Crippen molar-refractivity contribution in [3.05, 3.63) is 65.8 Å². The number of esters is 4. The van der Waals surface area contributed by atoms with Gasteiger partial charge < -0.3 is 24.1 Å². The standard InChI is InChI=1S/C33H40O10/c1-8-18(2)13-14-32(7)19(3)15-28(42-29(38)23-9-11-24(37)12-10-23)33-26(16-25(17-27(32)33)39-20(4)34)30(40-21(5)35)43-31(33)41-22(6)36/h8-13,16,19,25,27-28,30-31,37H,1,14-15,17H2,2-7H3/b18-13+/t19-,25+,27+,28+,30+,31-,32-,33+/m1/s1. The number of aromatic hydroxyl groups is 1. The maximum absolute atomic E-state index is 13.6. The number of carbonyl (C=O) groups is 4. The van der Waals surface area contributed by atoms with E-state index in [-0.39, 0.29) is 17.2 Å². The molecule has 0 amide bonds. The molecule has 3 aliphatic rings. The van der Waals surface area contributed by atoms with Gasteiger partial charge >= 0.3 is 23.9 Å². The maximum atomic E-state index is 13.6. The fourth-order valence-corrected chi connectivity index (χ4v) is 6.99. The minimum Gasteiger partial charge on any atom is -0.508 e. The molecule has 1 N–H and O–H groups in total. The molecule has 0 aromatic heterocycles. The van der Waals surface area contributed by atoms with E-state index in [1.165, 1.54) is 45.0 Å². The summed E-state index contributed by atoms with van der Waals surface area (Å²) in [7, 11) is 0. The molecule has 0 radical (unpaired) electrons. The molecule has 1 aromatic carbocycles. The van der Waals surface area contributed by atoms with E-state index in [2.05, 4.69) is 26.5 Å². The van der Waals surface area contributed by atoms with Crippen LogP contribution in [0, 0.1) is 22.7 Å². The molecular formula is C33H40O10. The lowest BCUT2D eigenvalue weighted by Crippen LogP contribution is -2.64. The highest BCUT2D eigenvalue weighted by Crippen LogP contribution is 2.68. The topological polar surface area (TPSA) is 135 Å². The van der Waals surface area contributed by atoms with Crippen LogP contribution in [0.15, 0.2) is 60.2 Å². The molecule has 2 fully saturated rings. The summed E-state index contributed by atoms with van der Waals surface area (Å²) in [6.07, 6.45) is 2.64. The van der Waals surface area contributed by atoms with Gasteiger partial charge in [-0.1, -0.05) is 38.2 Å². The minimum atomic E-state index is -1.29. The summed E-state index contributed by atoms with van der Waals surface area (Å²) in [6, 6.07) is 5.69. The largest absolute Gasteiger partial charge is 0.508 e. The summed E-state index contributed by atoms with van der Waals surface area (Å²) in [5, 5.41) is 9.73. The Morgan fingerprint density at radius 3 is 2.19 bits per heavy atom. The number of ether oxygens (including phenoxy) is 5. The van der Waals surface area contributed by atoms with Crippen molar-refractivity contribution in [2.75, 3.05) is 0 Å². The molecule has 1 saturated carbocycles. The highest BCUT2D eigenvalue weighted by Gasteiger charge is 2.72. The fourth-order valence-electron chi connectivity index (χ4n) is 6.99. The molecule has 10 nitrogen and oxygen atoms in total. The molecule has 0 bridgehead atoms. The molecule has 1 saturated heterocycles. The van der Waals surface area contributed by atoms with Crippen LogP contribution in [0.3, 0.4) is 0 Å². The average molecular weight is 597 g/mol. The van der Waals surface area contributed by atoms with E-state index in [0.717, 1.165) is 5.57 Å². The zero-order valence-electron chi connectivity index (χ0n) is 25.5. The summed E-state index contributed by atoms with van der Waals surface area (Å²) < 4.78 is 29.6. The fraction of sp³-hybridized carbons (Fsp3) is 0.515. The van der Waals surface area contributed by atoms with Crippen molar-refractivity contribution in [1.82, 2.24) is 0 Å². The predicted octanol–water partition coefficient (Wildman–Crippen LogP) is 5.16. The second kappa shape index (κ2) is 12.4. The van der Waals surface area contributed by atoms with Crippen LogP contribution < -0.4 is 0 Å². The van der Waals surface area contributed by atoms with E-state index in [1.807, 2.05) is 6.92 Å². The number of phenolic OH excluding ortho intramolecular Hbond substituents is 1. The molecule has 1 spiro atoms. The van der Waals surface area contributed by atoms with Crippen LogP contribution in [0.25, 0.3) is 0 Å². The quantitative estimate of drug-likeness (QED) is 0.186. The van der Waals surface area contributed by atoms with Crippen LogP contribution in [-0.2, 0) is 38.1 Å². The number of rotatable bonds is 8. The lowest BCUT2D eigenvalue weighted by Gasteiger charge is -2.60. The van der Waals surface area contributed by atoms with Gasteiger partial charge in [0.1, 0.15) is 23.4 Å². The molecule has 10 heteroatoms. The molecule has 232 valence electrons. The number of allylic oxidation sites excluding steroid dienone is 3. The Hall–Kier alpha value is -3.92. The number of phenols is 1. The molecule has 4 rings (SSSR count).